The lowest BCUT2D eigenvalue weighted by atomic mass is 10.3. The number of aromatic nitrogens is 4. The summed E-state index contributed by atoms with van der Waals surface area (Å²) in [5.74, 6) is 1.98. The molecule has 0 radical (unpaired) electrons. The first-order valence-corrected chi connectivity index (χ1v) is 9.02. The number of hydrogen-bond donors (Lipinski definition) is 1. The van der Waals surface area contributed by atoms with Crippen LogP contribution in [0.3, 0.4) is 0 Å². The maximum Gasteiger partial charge on any atom is 0.266 e. The molecule has 2 heterocycles. The maximum absolute atomic E-state index is 12.5. The van der Waals surface area contributed by atoms with Gasteiger partial charge in [-0.1, -0.05) is 0 Å². The Hall–Kier alpha value is -3.42. The molecular formula is C20H23N5O3. The minimum Gasteiger partial charge on any atom is -0.494 e. The molecule has 8 nitrogen and oxygen atoms in total. The molecule has 2 aromatic heterocycles. The van der Waals surface area contributed by atoms with Gasteiger partial charge in [0.1, 0.15) is 23.6 Å². The van der Waals surface area contributed by atoms with Crippen molar-refractivity contribution in [2.24, 2.45) is 0 Å². The van der Waals surface area contributed by atoms with E-state index in [1.165, 1.54) is 6.33 Å². The lowest BCUT2D eigenvalue weighted by molar-refractivity contribution is -0.122. The van der Waals surface area contributed by atoms with E-state index in [1.807, 2.05) is 26.8 Å². The van der Waals surface area contributed by atoms with Crippen LogP contribution >= 0.6 is 0 Å². The third-order valence-electron chi connectivity index (χ3n) is 3.95. The summed E-state index contributed by atoms with van der Waals surface area (Å²) in [6.07, 6.45) is 0.685. The molecule has 0 saturated heterocycles. The molecule has 1 N–H and O–H groups in total. The number of hydrogen-bond acceptors (Lipinski definition) is 6. The molecule has 146 valence electrons. The number of nitrogens with zero attached hydrogens (tertiary/aromatic N) is 4. The zero-order valence-electron chi connectivity index (χ0n) is 16.3. The first-order valence-electron chi connectivity index (χ1n) is 9.02. The fourth-order valence-electron chi connectivity index (χ4n) is 2.66. The van der Waals surface area contributed by atoms with Crippen LogP contribution in [0.4, 0.5) is 5.82 Å². The number of benzene rings is 1. The molecule has 0 aliphatic carbocycles. The lowest BCUT2D eigenvalue weighted by Crippen LogP contribution is -2.30. The predicted octanol–water partition coefficient (Wildman–Crippen LogP) is 3.08. The summed E-state index contributed by atoms with van der Waals surface area (Å²) in [6.45, 7) is 8.04. The number of nitrogens with one attached hydrogen (secondary N) is 1. The van der Waals surface area contributed by atoms with Crippen LogP contribution in [-0.2, 0) is 4.79 Å². The van der Waals surface area contributed by atoms with Gasteiger partial charge in [0.2, 0.25) is 0 Å². The van der Waals surface area contributed by atoms with Gasteiger partial charge in [-0.3, -0.25) is 4.79 Å². The Kier molecular flexibility index (Phi) is 5.88. The summed E-state index contributed by atoms with van der Waals surface area (Å²) in [5, 5.41) is 7.14. The first-order chi connectivity index (χ1) is 13.5. The maximum atomic E-state index is 12.5. The highest BCUT2D eigenvalue weighted by Crippen LogP contribution is 2.19. The van der Waals surface area contributed by atoms with Gasteiger partial charge < -0.3 is 14.8 Å². The average molecular weight is 381 g/mol. The van der Waals surface area contributed by atoms with E-state index in [9.17, 15) is 4.79 Å². The number of rotatable bonds is 7. The van der Waals surface area contributed by atoms with Crippen molar-refractivity contribution in [1.29, 1.82) is 0 Å². The van der Waals surface area contributed by atoms with Crippen molar-refractivity contribution in [3.05, 3.63) is 54.1 Å². The van der Waals surface area contributed by atoms with Crippen molar-refractivity contribution in [3.63, 3.8) is 0 Å². The van der Waals surface area contributed by atoms with E-state index in [-0.39, 0.29) is 5.91 Å². The molecule has 0 bridgehead atoms. The van der Waals surface area contributed by atoms with Crippen molar-refractivity contribution in [2.75, 3.05) is 11.9 Å². The molecule has 3 rings (SSSR count). The minimum absolute atomic E-state index is 0.313. The number of ether oxygens (including phenoxy) is 2. The van der Waals surface area contributed by atoms with Crippen LogP contribution < -0.4 is 14.8 Å². The van der Waals surface area contributed by atoms with Crippen LogP contribution in [-0.4, -0.2) is 38.4 Å². The Morgan fingerprint density at radius 2 is 1.86 bits per heavy atom. The number of carbonyl (C=O) groups excluding carboxylic acids is 1. The van der Waals surface area contributed by atoms with Crippen LogP contribution in [0.2, 0.25) is 0 Å². The van der Waals surface area contributed by atoms with Gasteiger partial charge in [0.25, 0.3) is 5.91 Å². The third-order valence-corrected chi connectivity index (χ3v) is 3.95. The predicted molar refractivity (Wildman–Crippen MR) is 105 cm³/mol. The zero-order chi connectivity index (χ0) is 20.1. The van der Waals surface area contributed by atoms with Crippen LogP contribution in [0.15, 0.2) is 42.7 Å². The molecule has 0 saturated carbocycles. The zero-order valence-corrected chi connectivity index (χ0v) is 16.3. The fraction of sp³-hybridized carbons (Fsp3) is 0.300. The highest BCUT2D eigenvalue weighted by Gasteiger charge is 2.16. The van der Waals surface area contributed by atoms with Gasteiger partial charge in [-0.15, -0.1) is 0 Å². The number of carbonyl (C=O) groups is 1. The number of amides is 1. The van der Waals surface area contributed by atoms with Gasteiger partial charge in [0.05, 0.1) is 12.3 Å². The summed E-state index contributed by atoms with van der Waals surface area (Å²) < 4.78 is 12.8. The van der Waals surface area contributed by atoms with Gasteiger partial charge in [-0.2, -0.15) is 5.10 Å². The quantitative estimate of drug-likeness (QED) is 0.676. The van der Waals surface area contributed by atoms with Gasteiger partial charge in [0, 0.05) is 11.8 Å². The smallest absolute Gasteiger partial charge is 0.266 e. The molecular weight excluding hydrogens is 358 g/mol. The van der Waals surface area contributed by atoms with Crippen molar-refractivity contribution in [3.8, 4) is 17.3 Å². The highest BCUT2D eigenvalue weighted by atomic mass is 16.5. The average Bonchev–Trinajstić information content (AvgIpc) is 3.02. The van der Waals surface area contributed by atoms with E-state index in [2.05, 4.69) is 20.4 Å². The number of anilines is 1. The molecule has 28 heavy (non-hydrogen) atoms. The molecule has 1 amide bonds. The highest BCUT2D eigenvalue weighted by molar-refractivity contribution is 5.93. The second-order valence-corrected chi connectivity index (χ2v) is 6.25. The summed E-state index contributed by atoms with van der Waals surface area (Å²) in [7, 11) is 0. The van der Waals surface area contributed by atoms with Gasteiger partial charge in [-0.05, 0) is 58.0 Å². The molecule has 8 heteroatoms. The molecule has 0 aliphatic heterocycles. The number of aryl methyl sites for hydroxylation is 2. The minimum atomic E-state index is -0.704. The Morgan fingerprint density at radius 3 is 2.50 bits per heavy atom. The lowest BCUT2D eigenvalue weighted by Gasteiger charge is -2.15. The van der Waals surface area contributed by atoms with Crippen molar-refractivity contribution < 1.29 is 14.3 Å². The largest absolute Gasteiger partial charge is 0.494 e. The standard InChI is InChI=1S/C20H23N5O3/c1-5-27-16-6-8-17(9-7-16)28-15(4)20(26)23-18-11-19(22-12-21-18)25-14(3)10-13(2)24-25/h6-12,15H,5H2,1-4H3,(H,21,22,23,26). The van der Waals surface area contributed by atoms with Gasteiger partial charge in [-0.25, -0.2) is 14.6 Å². The molecule has 0 aliphatic rings. The second-order valence-electron chi connectivity index (χ2n) is 6.25. The van der Waals surface area contributed by atoms with E-state index < -0.39 is 6.10 Å². The summed E-state index contributed by atoms with van der Waals surface area (Å²) in [4.78, 5) is 20.8. The molecule has 0 spiro atoms. The Morgan fingerprint density at radius 1 is 1.14 bits per heavy atom. The topological polar surface area (TPSA) is 91.2 Å². The van der Waals surface area contributed by atoms with Gasteiger partial charge >= 0.3 is 0 Å². The van der Waals surface area contributed by atoms with Crippen molar-refractivity contribution in [1.82, 2.24) is 19.7 Å². The third kappa shape index (κ3) is 4.64. The van der Waals surface area contributed by atoms with E-state index in [0.717, 1.165) is 17.1 Å². The Balaban J connectivity index is 1.65. The van der Waals surface area contributed by atoms with E-state index in [4.69, 9.17) is 9.47 Å². The van der Waals surface area contributed by atoms with E-state index >= 15 is 0 Å². The van der Waals surface area contributed by atoms with Crippen molar-refractivity contribution >= 4 is 11.7 Å². The SMILES string of the molecule is CCOc1ccc(OC(C)C(=O)Nc2cc(-n3nc(C)cc3C)ncn2)cc1. The molecule has 0 fully saturated rings. The van der Waals surface area contributed by atoms with Crippen LogP contribution in [0.1, 0.15) is 25.2 Å². The summed E-state index contributed by atoms with van der Waals surface area (Å²) in [6, 6.07) is 10.7. The normalized spacial score (nSPS) is 11.7. The fourth-order valence-corrected chi connectivity index (χ4v) is 2.66. The van der Waals surface area contributed by atoms with Gasteiger partial charge in [0.15, 0.2) is 11.9 Å². The second kappa shape index (κ2) is 8.51. The van der Waals surface area contributed by atoms with Crippen LogP contribution in [0.25, 0.3) is 5.82 Å². The van der Waals surface area contributed by atoms with E-state index in [0.29, 0.717) is 24.0 Å². The van der Waals surface area contributed by atoms with Crippen LogP contribution in [0, 0.1) is 13.8 Å². The van der Waals surface area contributed by atoms with Crippen LogP contribution in [0.5, 0.6) is 11.5 Å². The molecule has 3 aromatic rings. The summed E-state index contributed by atoms with van der Waals surface area (Å²) in [5.41, 5.74) is 1.83. The summed E-state index contributed by atoms with van der Waals surface area (Å²) >= 11 is 0. The Labute approximate surface area is 163 Å². The Bertz CT molecular complexity index is 953. The van der Waals surface area contributed by atoms with E-state index in [1.54, 1.807) is 41.9 Å². The molecule has 1 atom stereocenters. The molecule has 1 aromatic carbocycles. The monoisotopic (exact) mass is 381 g/mol. The molecule has 1 unspecified atom stereocenters. The first kappa shape index (κ1) is 19.3. The van der Waals surface area contributed by atoms with Crippen molar-refractivity contribution in [2.45, 2.75) is 33.8 Å².